The van der Waals surface area contributed by atoms with Gasteiger partial charge < -0.3 is 0 Å². The molecule has 0 saturated heterocycles. The molecular formula is C18H14ClF. The Morgan fingerprint density at radius 3 is 2.20 bits per heavy atom. The Bertz CT molecular complexity index is 747. The molecule has 0 radical (unpaired) electrons. The third-order valence-electron chi connectivity index (χ3n) is 3.55. The van der Waals surface area contributed by atoms with Crippen LogP contribution in [0.2, 0.25) is 0 Å². The fourth-order valence-corrected chi connectivity index (χ4v) is 2.76. The molecule has 100 valence electrons. The predicted molar refractivity (Wildman–Crippen MR) is 82.8 cm³/mol. The summed E-state index contributed by atoms with van der Waals surface area (Å²) in [7, 11) is 0. The van der Waals surface area contributed by atoms with E-state index in [1.54, 1.807) is 12.1 Å². The van der Waals surface area contributed by atoms with Crippen molar-refractivity contribution in [2.45, 2.75) is 12.3 Å². The summed E-state index contributed by atoms with van der Waals surface area (Å²) < 4.78 is 13.8. The molecule has 0 fully saturated rings. The smallest absolute Gasteiger partial charge is 0.131 e. The lowest BCUT2D eigenvalue weighted by molar-refractivity contribution is 0.639. The van der Waals surface area contributed by atoms with Gasteiger partial charge in [-0.25, -0.2) is 4.39 Å². The summed E-state index contributed by atoms with van der Waals surface area (Å²) >= 11 is 6.59. The maximum Gasteiger partial charge on any atom is 0.131 e. The number of benzene rings is 3. The number of alkyl halides is 1. The Labute approximate surface area is 122 Å². The zero-order valence-electron chi connectivity index (χ0n) is 11.1. The molecule has 0 bridgehead atoms. The number of rotatable bonds is 2. The van der Waals surface area contributed by atoms with Gasteiger partial charge in [0.25, 0.3) is 0 Å². The van der Waals surface area contributed by atoms with E-state index in [1.807, 2.05) is 49.4 Å². The van der Waals surface area contributed by atoms with Crippen LogP contribution in [0, 0.1) is 12.7 Å². The van der Waals surface area contributed by atoms with Crippen molar-refractivity contribution in [3.05, 3.63) is 83.2 Å². The number of halogens is 2. The van der Waals surface area contributed by atoms with Gasteiger partial charge in [-0.15, -0.1) is 11.6 Å². The molecule has 0 aromatic heterocycles. The molecule has 3 aromatic carbocycles. The van der Waals surface area contributed by atoms with Gasteiger partial charge in [0, 0.05) is 5.39 Å². The van der Waals surface area contributed by atoms with Crippen LogP contribution in [-0.4, -0.2) is 0 Å². The Balaban J connectivity index is 2.14. The summed E-state index contributed by atoms with van der Waals surface area (Å²) in [5, 5.41) is 1.21. The predicted octanol–water partition coefficient (Wildman–Crippen LogP) is 5.62. The van der Waals surface area contributed by atoms with Gasteiger partial charge >= 0.3 is 0 Å². The zero-order chi connectivity index (χ0) is 14.1. The van der Waals surface area contributed by atoms with E-state index in [1.165, 1.54) is 11.6 Å². The highest BCUT2D eigenvalue weighted by Gasteiger charge is 2.15. The van der Waals surface area contributed by atoms with Crippen LogP contribution in [0.5, 0.6) is 0 Å². The average Bonchev–Trinajstić information content (AvgIpc) is 2.48. The van der Waals surface area contributed by atoms with Gasteiger partial charge in [0.05, 0.1) is 5.38 Å². The van der Waals surface area contributed by atoms with E-state index < -0.39 is 0 Å². The molecule has 1 unspecified atom stereocenters. The van der Waals surface area contributed by atoms with E-state index in [9.17, 15) is 4.39 Å². The van der Waals surface area contributed by atoms with Crippen LogP contribution in [0.4, 0.5) is 4.39 Å². The van der Waals surface area contributed by atoms with Crippen molar-refractivity contribution < 1.29 is 4.39 Å². The van der Waals surface area contributed by atoms with Crippen LogP contribution in [0.25, 0.3) is 10.8 Å². The largest absolute Gasteiger partial charge is 0.206 e. The minimum absolute atomic E-state index is 0.211. The third kappa shape index (κ3) is 2.30. The normalized spacial score (nSPS) is 12.6. The fraction of sp³-hybridized carbons (Fsp3) is 0.111. The van der Waals surface area contributed by atoms with Gasteiger partial charge in [-0.2, -0.15) is 0 Å². The van der Waals surface area contributed by atoms with Crippen molar-refractivity contribution in [1.29, 1.82) is 0 Å². The standard InChI is InChI=1S/C18H14ClF/c1-12-6-8-13(9-7-12)18(19)16-10-11-17(20)15-5-3-2-4-14(15)16/h2-11,18H,1H3. The quantitative estimate of drug-likeness (QED) is 0.536. The average molecular weight is 285 g/mol. The van der Waals surface area contributed by atoms with Gasteiger partial charge in [0.2, 0.25) is 0 Å². The SMILES string of the molecule is Cc1ccc(C(Cl)c2ccc(F)c3ccccc23)cc1. The molecule has 3 rings (SSSR count). The molecule has 0 aliphatic heterocycles. The first-order valence-corrected chi connectivity index (χ1v) is 6.98. The Morgan fingerprint density at radius 2 is 1.50 bits per heavy atom. The van der Waals surface area contributed by atoms with Crippen LogP contribution >= 0.6 is 11.6 Å². The minimum atomic E-state index is -0.277. The molecule has 3 aromatic rings. The molecule has 0 aliphatic carbocycles. The first kappa shape index (κ1) is 13.1. The van der Waals surface area contributed by atoms with Crippen LogP contribution in [0.3, 0.4) is 0 Å². The first-order valence-electron chi connectivity index (χ1n) is 6.54. The zero-order valence-corrected chi connectivity index (χ0v) is 11.9. The third-order valence-corrected chi connectivity index (χ3v) is 4.03. The Hall–Kier alpha value is -1.86. The van der Waals surface area contributed by atoms with E-state index in [2.05, 4.69) is 0 Å². The minimum Gasteiger partial charge on any atom is -0.206 e. The number of hydrogen-bond donors (Lipinski definition) is 0. The second-order valence-electron chi connectivity index (χ2n) is 4.96. The van der Waals surface area contributed by atoms with Crippen LogP contribution in [-0.2, 0) is 0 Å². The van der Waals surface area contributed by atoms with E-state index in [0.29, 0.717) is 5.39 Å². The molecule has 0 heterocycles. The highest BCUT2D eigenvalue weighted by atomic mass is 35.5. The lowest BCUT2D eigenvalue weighted by atomic mass is 9.97. The number of aryl methyl sites for hydroxylation is 1. The molecule has 0 saturated carbocycles. The van der Waals surface area contributed by atoms with Crippen molar-refractivity contribution in [1.82, 2.24) is 0 Å². The first-order chi connectivity index (χ1) is 9.66. The molecule has 0 amide bonds. The molecule has 2 heteroatoms. The lowest BCUT2D eigenvalue weighted by Crippen LogP contribution is -1.96. The molecule has 0 nitrogen and oxygen atoms in total. The summed E-state index contributed by atoms with van der Waals surface area (Å²) in [5.74, 6) is -0.211. The van der Waals surface area contributed by atoms with E-state index in [4.69, 9.17) is 11.6 Å². The van der Waals surface area contributed by atoms with Crippen LogP contribution in [0.15, 0.2) is 60.7 Å². The number of hydrogen-bond acceptors (Lipinski definition) is 0. The maximum absolute atomic E-state index is 13.8. The van der Waals surface area contributed by atoms with Crippen molar-refractivity contribution in [3.8, 4) is 0 Å². The van der Waals surface area contributed by atoms with E-state index >= 15 is 0 Å². The Kier molecular flexibility index (Phi) is 3.45. The molecule has 0 N–H and O–H groups in total. The van der Waals surface area contributed by atoms with Crippen molar-refractivity contribution in [2.75, 3.05) is 0 Å². The van der Waals surface area contributed by atoms with Gasteiger partial charge in [0.1, 0.15) is 5.82 Å². The van der Waals surface area contributed by atoms with Crippen molar-refractivity contribution in [2.24, 2.45) is 0 Å². The molecule has 20 heavy (non-hydrogen) atoms. The molecule has 0 spiro atoms. The maximum atomic E-state index is 13.8. The van der Waals surface area contributed by atoms with E-state index in [-0.39, 0.29) is 11.2 Å². The molecule has 1 atom stereocenters. The number of fused-ring (bicyclic) bond motifs is 1. The van der Waals surface area contributed by atoms with E-state index in [0.717, 1.165) is 16.5 Å². The molecule has 0 aliphatic rings. The molecular weight excluding hydrogens is 271 g/mol. The monoisotopic (exact) mass is 284 g/mol. The summed E-state index contributed by atoms with van der Waals surface area (Å²) in [6.45, 7) is 2.04. The summed E-state index contributed by atoms with van der Waals surface area (Å²) in [6, 6.07) is 18.8. The summed E-state index contributed by atoms with van der Waals surface area (Å²) in [6.07, 6.45) is 0. The van der Waals surface area contributed by atoms with Gasteiger partial charge in [-0.1, -0.05) is 60.2 Å². The fourth-order valence-electron chi connectivity index (χ4n) is 2.42. The van der Waals surface area contributed by atoms with Gasteiger partial charge in [0.15, 0.2) is 0 Å². The van der Waals surface area contributed by atoms with Gasteiger partial charge in [-0.3, -0.25) is 0 Å². The highest BCUT2D eigenvalue weighted by Crippen LogP contribution is 2.34. The lowest BCUT2D eigenvalue weighted by Gasteiger charge is -2.14. The van der Waals surface area contributed by atoms with Crippen molar-refractivity contribution in [3.63, 3.8) is 0 Å². The highest BCUT2D eigenvalue weighted by molar-refractivity contribution is 6.23. The summed E-state index contributed by atoms with van der Waals surface area (Å²) in [4.78, 5) is 0. The second-order valence-corrected chi connectivity index (χ2v) is 5.39. The van der Waals surface area contributed by atoms with Crippen LogP contribution < -0.4 is 0 Å². The van der Waals surface area contributed by atoms with Gasteiger partial charge in [-0.05, 0) is 29.5 Å². The second kappa shape index (κ2) is 5.26. The summed E-state index contributed by atoms with van der Waals surface area (Å²) in [5.41, 5.74) is 3.16. The topological polar surface area (TPSA) is 0 Å². The Morgan fingerprint density at radius 1 is 0.850 bits per heavy atom. The van der Waals surface area contributed by atoms with Crippen molar-refractivity contribution >= 4 is 22.4 Å². The van der Waals surface area contributed by atoms with Crippen LogP contribution in [0.1, 0.15) is 22.1 Å².